The molecular weight excluding hydrogens is 845 g/mol. The molecule has 13 nitrogen and oxygen atoms in total. The zero-order valence-electron chi connectivity index (χ0n) is 39.9. The lowest BCUT2D eigenvalue weighted by molar-refractivity contribution is -0.141. The van der Waals surface area contributed by atoms with Crippen LogP contribution in [0.25, 0.3) is 33.3 Å². The summed E-state index contributed by atoms with van der Waals surface area (Å²) in [5.74, 6) is -1.12. The first-order valence-corrected chi connectivity index (χ1v) is 23.2. The van der Waals surface area contributed by atoms with Gasteiger partial charge in [-0.2, -0.15) is 0 Å². The van der Waals surface area contributed by atoms with Crippen molar-refractivity contribution in [2.75, 3.05) is 46.4 Å². The highest BCUT2D eigenvalue weighted by atomic mass is 19.3. The number of hydrogen-bond donors (Lipinski definition) is 3. The molecule has 1 aliphatic heterocycles. The summed E-state index contributed by atoms with van der Waals surface area (Å²) in [7, 11) is 1.84. The van der Waals surface area contributed by atoms with Gasteiger partial charge in [0.2, 0.25) is 11.8 Å². The number of aliphatic hydroxyl groups excluding tert-OH is 1. The van der Waals surface area contributed by atoms with E-state index in [0.717, 1.165) is 63.3 Å². The molecule has 1 aliphatic rings. The number of amides is 3. The minimum absolute atomic E-state index is 0.122. The molecule has 3 N–H and O–H groups in total. The van der Waals surface area contributed by atoms with E-state index in [1.165, 1.54) is 4.90 Å². The molecule has 3 atom stereocenters. The number of aliphatic hydroxyl groups is 1. The minimum Gasteiger partial charge on any atom is -0.467 e. The van der Waals surface area contributed by atoms with Crippen molar-refractivity contribution in [1.29, 1.82) is 0 Å². The quantitative estimate of drug-likeness (QED) is 0.0513. The number of hydrogen-bond acceptors (Lipinski definition) is 9. The molecule has 4 aromatic rings. The first kappa shape index (κ1) is 51.5. The van der Waals surface area contributed by atoms with Crippen molar-refractivity contribution in [1.82, 2.24) is 35.1 Å². The lowest BCUT2D eigenvalue weighted by atomic mass is 9.84. The fraction of sp³-hybridized carbons (Fsp3) is 0.510. The number of rotatable bonds is 23. The van der Waals surface area contributed by atoms with E-state index in [9.17, 15) is 33.1 Å². The number of hydrazine groups is 1. The van der Waals surface area contributed by atoms with E-state index < -0.39 is 35.9 Å². The lowest BCUT2D eigenvalue weighted by Crippen LogP contribution is -2.59. The van der Waals surface area contributed by atoms with E-state index in [4.69, 9.17) is 4.74 Å². The number of carbonyl (C=O) groups excluding carboxylic acids is 4. The van der Waals surface area contributed by atoms with Crippen LogP contribution in [0, 0.1) is 11.3 Å². The van der Waals surface area contributed by atoms with Crippen LogP contribution < -0.4 is 10.7 Å². The fourth-order valence-electron chi connectivity index (χ4n) is 9.14. The van der Waals surface area contributed by atoms with Crippen LogP contribution in [0.4, 0.5) is 8.78 Å². The van der Waals surface area contributed by atoms with Gasteiger partial charge in [-0.15, -0.1) is 0 Å². The molecule has 66 heavy (non-hydrogen) atoms. The number of likely N-dealkylation sites (N-methyl/N-ethyl adjacent to an activating group) is 2. The Bertz CT molecular complexity index is 2300. The largest absolute Gasteiger partial charge is 0.467 e. The van der Waals surface area contributed by atoms with Gasteiger partial charge in [0.1, 0.15) is 6.04 Å². The van der Waals surface area contributed by atoms with E-state index in [0.29, 0.717) is 70.4 Å². The molecule has 0 spiro atoms. The monoisotopic (exact) mass is 914 g/mol. The van der Waals surface area contributed by atoms with Crippen LogP contribution in [-0.4, -0.2) is 119 Å². The normalized spacial score (nSPS) is 14.8. The zero-order chi connectivity index (χ0) is 48.1. The fourth-order valence-corrected chi connectivity index (χ4v) is 9.14. The number of benzene rings is 2. The Balaban J connectivity index is 1.47. The third-order valence-electron chi connectivity index (χ3n) is 12.3. The van der Waals surface area contributed by atoms with Gasteiger partial charge in [-0.3, -0.25) is 34.1 Å². The van der Waals surface area contributed by atoms with Gasteiger partial charge < -0.3 is 24.6 Å². The van der Waals surface area contributed by atoms with Crippen molar-refractivity contribution in [2.24, 2.45) is 11.3 Å². The second-order valence-electron chi connectivity index (χ2n) is 18.4. The highest BCUT2D eigenvalue weighted by molar-refractivity contribution is 5.95. The average molecular weight is 914 g/mol. The van der Waals surface area contributed by atoms with Gasteiger partial charge in [-0.05, 0) is 112 Å². The Kier molecular flexibility index (Phi) is 18.6. The van der Waals surface area contributed by atoms with Crippen LogP contribution in [0.3, 0.4) is 0 Å². The predicted molar refractivity (Wildman–Crippen MR) is 254 cm³/mol. The second-order valence-corrected chi connectivity index (χ2v) is 18.4. The molecular formula is C51H69F2N7O6. The number of nitrogens with one attached hydrogen (secondary N) is 2. The minimum atomic E-state index is -2.71. The van der Waals surface area contributed by atoms with Gasteiger partial charge in [0.15, 0.2) is 0 Å². The van der Waals surface area contributed by atoms with E-state index in [2.05, 4.69) is 65.3 Å². The number of alkyl halides is 2. The second kappa shape index (κ2) is 23.8. The summed E-state index contributed by atoms with van der Waals surface area (Å²) in [4.78, 5) is 60.4. The number of pyridine rings is 1. The summed E-state index contributed by atoms with van der Waals surface area (Å²) >= 11 is 0. The smallest absolute Gasteiger partial charge is 0.293 e. The van der Waals surface area contributed by atoms with Crippen molar-refractivity contribution < 1.29 is 37.8 Å². The molecule has 1 unspecified atom stereocenters. The van der Waals surface area contributed by atoms with Crippen molar-refractivity contribution in [2.45, 2.75) is 112 Å². The molecule has 0 aliphatic carbocycles. The van der Waals surface area contributed by atoms with Gasteiger partial charge >= 0.3 is 0 Å². The van der Waals surface area contributed by atoms with Crippen LogP contribution in [0.2, 0.25) is 0 Å². The molecule has 358 valence electrons. The average Bonchev–Trinajstić information content (AvgIpc) is 3.59. The summed E-state index contributed by atoms with van der Waals surface area (Å²) in [6.07, 6.45) is 2.75. The molecule has 2 aromatic heterocycles. The standard InChI is InChI=1S/C51H69F2N7O6/c1-9-58(45(63)22-21-44(52)53)26-15-25-57(8)47(34(3)4)49(64)56-42(50(65)60-27-12-11-24-55-60)29-36-16-13-17-37(28-36)38-19-20-43-40(30-38)41(31-51(6,7)32-66-33-61)48(59(43)10-2)39-18-14-23-54-46(39)35(5)62/h13-14,16-23,28,30,33-35,42,44,47,55,62H,9-12,15,24-27,29,31-32H2,1-8H3,(H,56,64)/b22-21+/t35-,42?,47-/m0/s1. The van der Waals surface area contributed by atoms with Crippen LogP contribution in [0.5, 0.6) is 0 Å². The Morgan fingerprint density at radius 1 is 1.03 bits per heavy atom. The molecule has 0 bridgehead atoms. The van der Waals surface area contributed by atoms with Gasteiger partial charge in [0.05, 0.1) is 30.1 Å². The van der Waals surface area contributed by atoms with Gasteiger partial charge in [0.25, 0.3) is 18.8 Å². The van der Waals surface area contributed by atoms with Crippen LogP contribution in [-0.2, 0) is 43.3 Å². The van der Waals surface area contributed by atoms with E-state index in [-0.39, 0.29) is 30.8 Å². The summed E-state index contributed by atoms with van der Waals surface area (Å²) in [5, 5.41) is 16.6. The maximum atomic E-state index is 14.3. The number of halogens is 2. The van der Waals surface area contributed by atoms with Crippen LogP contribution >= 0.6 is 0 Å². The van der Waals surface area contributed by atoms with Crippen LogP contribution in [0.15, 0.2) is 72.9 Å². The number of nitrogens with zero attached hydrogens (tertiary/aromatic N) is 5. The summed E-state index contributed by atoms with van der Waals surface area (Å²) in [5.41, 5.74) is 9.95. The maximum Gasteiger partial charge on any atom is 0.293 e. The topological polar surface area (TPSA) is 149 Å². The highest BCUT2D eigenvalue weighted by Crippen LogP contribution is 2.41. The van der Waals surface area contributed by atoms with Gasteiger partial charge in [-0.25, -0.2) is 14.2 Å². The molecule has 0 radical (unpaired) electrons. The number of carbonyl (C=O) groups is 4. The number of ether oxygens (including phenoxy) is 1. The third kappa shape index (κ3) is 13.1. The van der Waals surface area contributed by atoms with Crippen molar-refractivity contribution in [3.05, 3.63) is 89.8 Å². The molecule has 15 heteroatoms. The maximum absolute atomic E-state index is 14.3. The van der Waals surface area contributed by atoms with Gasteiger partial charge in [0, 0.05) is 79.8 Å². The molecule has 1 saturated heterocycles. The Labute approximate surface area is 388 Å². The first-order valence-electron chi connectivity index (χ1n) is 23.2. The predicted octanol–water partition coefficient (Wildman–Crippen LogP) is 7.36. The van der Waals surface area contributed by atoms with Gasteiger partial charge in [-0.1, -0.05) is 58.0 Å². The zero-order valence-corrected chi connectivity index (χ0v) is 39.9. The van der Waals surface area contributed by atoms with E-state index in [1.807, 2.05) is 56.1 Å². The third-order valence-corrected chi connectivity index (χ3v) is 12.3. The summed E-state index contributed by atoms with van der Waals surface area (Å²) < 4.78 is 32.9. The van der Waals surface area contributed by atoms with Crippen molar-refractivity contribution in [3.8, 4) is 22.4 Å². The number of aromatic nitrogens is 2. The van der Waals surface area contributed by atoms with Crippen molar-refractivity contribution >= 4 is 35.1 Å². The SMILES string of the molecule is CCN(CCCN(C)[C@H](C(=O)NC(Cc1cccc(-c2ccc3c(c2)c(CC(C)(C)COC=O)c(-c2cccnc2[C@H](C)O)n3CC)c1)C(=O)N1CCCCN1)C(C)C)C(=O)/C=C/C(F)F. The number of fused-ring (bicyclic) bond motifs is 1. The molecule has 1 fully saturated rings. The highest BCUT2D eigenvalue weighted by Gasteiger charge is 2.33. The van der Waals surface area contributed by atoms with Crippen molar-refractivity contribution in [3.63, 3.8) is 0 Å². The molecule has 2 aromatic carbocycles. The first-order chi connectivity index (χ1) is 31.5. The number of allylic oxidation sites excluding steroid dienone is 1. The molecule has 0 saturated carbocycles. The summed E-state index contributed by atoms with van der Waals surface area (Å²) in [6.45, 7) is 17.3. The summed E-state index contributed by atoms with van der Waals surface area (Å²) in [6, 6.07) is 16.8. The molecule has 3 heterocycles. The van der Waals surface area contributed by atoms with E-state index in [1.54, 1.807) is 25.1 Å². The Morgan fingerprint density at radius 3 is 2.44 bits per heavy atom. The lowest BCUT2D eigenvalue weighted by Gasteiger charge is -2.34. The molecule has 5 rings (SSSR count). The van der Waals surface area contributed by atoms with E-state index >= 15 is 0 Å². The molecule has 3 amide bonds. The Hall–Kier alpha value is -5.51. The Morgan fingerprint density at radius 2 is 1.79 bits per heavy atom. The van der Waals surface area contributed by atoms with Crippen LogP contribution in [0.1, 0.15) is 90.7 Å². The number of aryl methyl sites for hydroxylation is 1.